The average Bonchev–Trinajstić information content (AvgIpc) is 2.79. The minimum atomic E-state index is -0.500. The Bertz CT molecular complexity index is 973. The third-order valence-corrected chi connectivity index (χ3v) is 6.10. The Morgan fingerprint density at radius 3 is 1.67 bits per heavy atom. The average molecular weight is 403 g/mol. The summed E-state index contributed by atoms with van der Waals surface area (Å²) < 4.78 is 11.0. The summed E-state index contributed by atoms with van der Waals surface area (Å²) >= 11 is 0. The first-order chi connectivity index (χ1) is 14.3. The van der Waals surface area contributed by atoms with Gasteiger partial charge in [-0.3, -0.25) is 4.79 Å². The Morgan fingerprint density at radius 1 is 0.733 bits per heavy atom. The van der Waals surface area contributed by atoms with Gasteiger partial charge in [-0.05, 0) is 68.1 Å². The Kier molecular flexibility index (Phi) is 6.31. The highest BCUT2D eigenvalue weighted by Gasteiger charge is 2.32. The quantitative estimate of drug-likeness (QED) is 0.261. The summed E-state index contributed by atoms with van der Waals surface area (Å²) in [6, 6.07) is 26.4. The molecule has 3 heteroatoms. The second-order valence-electron chi connectivity index (χ2n) is 8.37. The van der Waals surface area contributed by atoms with Gasteiger partial charge in [0.25, 0.3) is 0 Å². The van der Waals surface area contributed by atoms with Gasteiger partial charge in [-0.15, -0.1) is 0 Å². The molecule has 30 heavy (non-hydrogen) atoms. The number of ether oxygens (including phenoxy) is 2. The molecule has 0 saturated heterocycles. The van der Waals surface area contributed by atoms with Gasteiger partial charge in [0.2, 0.25) is 0 Å². The molecule has 0 aliphatic rings. The molecule has 0 amide bonds. The van der Waals surface area contributed by atoms with Crippen LogP contribution in [0.2, 0.25) is 0 Å². The Balaban J connectivity index is 1.99. The molecule has 0 radical (unpaired) electrons. The fourth-order valence-electron chi connectivity index (χ4n) is 3.44. The van der Waals surface area contributed by atoms with Gasteiger partial charge in [0, 0.05) is 5.41 Å². The Morgan fingerprint density at radius 2 is 1.20 bits per heavy atom. The largest absolute Gasteiger partial charge is 0.497 e. The summed E-state index contributed by atoms with van der Waals surface area (Å²) in [6.45, 7) is 8.01. The molecule has 0 aliphatic carbocycles. The second kappa shape index (κ2) is 8.74. The van der Waals surface area contributed by atoms with E-state index in [0.29, 0.717) is 5.75 Å². The maximum Gasteiger partial charge on any atom is 0.316 e. The normalized spacial score (nSPS) is 13.4. The van der Waals surface area contributed by atoms with Crippen molar-refractivity contribution in [3.63, 3.8) is 0 Å². The van der Waals surface area contributed by atoms with Gasteiger partial charge < -0.3 is 9.47 Å². The number of carbonyl (C=O) groups is 1. The van der Waals surface area contributed by atoms with Crippen LogP contribution in [0.4, 0.5) is 0 Å². The monoisotopic (exact) mass is 402 g/mol. The molecule has 0 bridgehead atoms. The van der Waals surface area contributed by atoms with E-state index in [4.69, 9.17) is 9.47 Å². The zero-order valence-corrected chi connectivity index (χ0v) is 18.4. The molecule has 3 nitrogen and oxygen atoms in total. The molecular formula is C27H30O3. The maximum atomic E-state index is 12.4. The van der Waals surface area contributed by atoms with Crippen LogP contribution in [-0.2, 0) is 10.2 Å². The molecule has 1 atom stereocenters. The molecular weight excluding hydrogens is 372 g/mol. The molecule has 0 fully saturated rings. The van der Waals surface area contributed by atoms with E-state index in [1.165, 1.54) is 5.56 Å². The van der Waals surface area contributed by atoms with Crippen molar-refractivity contribution < 1.29 is 14.3 Å². The molecule has 0 N–H and O–H groups in total. The molecule has 3 rings (SSSR count). The molecule has 3 aromatic rings. The second-order valence-corrected chi connectivity index (χ2v) is 8.37. The van der Waals surface area contributed by atoms with E-state index in [1.807, 2.05) is 63.2 Å². The van der Waals surface area contributed by atoms with E-state index in [0.717, 1.165) is 23.3 Å². The van der Waals surface area contributed by atoms with Gasteiger partial charge in [0.1, 0.15) is 11.5 Å². The van der Waals surface area contributed by atoms with Crippen molar-refractivity contribution in [3.05, 3.63) is 95.6 Å². The summed E-state index contributed by atoms with van der Waals surface area (Å²) in [5.41, 5.74) is 2.60. The van der Waals surface area contributed by atoms with Gasteiger partial charge in [-0.1, -0.05) is 61.5 Å². The summed E-state index contributed by atoms with van der Waals surface area (Å²) in [4.78, 5) is 12.4. The van der Waals surface area contributed by atoms with Gasteiger partial charge in [0.05, 0.1) is 12.5 Å². The summed E-state index contributed by atoms with van der Waals surface area (Å²) in [6.07, 6.45) is 0.730. The van der Waals surface area contributed by atoms with E-state index in [9.17, 15) is 4.79 Å². The van der Waals surface area contributed by atoms with E-state index in [1.54, 1.807) is 7.11 Å². The molecule has 0 aromatic heterocycles. The van der Waals surface area contributed by atoms with Crippen molar-refractivity contribution in [3.8, 4) is 11.5 Å². The van der Waals surface area contributed by atoms with Gasteiger partial charge in [-0.25, -0.2) is 0 Å². The lowest BCUT2D eigenvalue weighted by Crippen LogP contribution is -2.28. The Hall–Kier alpha value is -3.07. The zero-order chi connectivity index (χ0) is 21.8. The maximum absolute atomic E-state index is 12.4. The van der Waals surface area contributed by atoms with Crippen LogP contribution in [0, 0.1) is 5.41 Å². The topological polar surface area (TPSA) is 35.5 Å². The summed E-state index contributed by atoms with van der Waals surface area (Å²) in [7, 11) is 1.67. The van der Waals surface area contributed by atoms with E-state index in [2.05, 4.69) is 43.3 Å². The SMILES string of the molecule is CCC(C)(C)C(=O)Oc1ccc(C(C)(c2ccccc2)c2ccc(OC)cc2)cc1. The molecule has 0 spiro atoms. The van der Waals surface area contributed by atoms with Crippen LogP contribution in [-0.4, -0.2) is 13.1 Å². The number of esters is 1. The molecule has 0 heterocycles. The van der Waals surface area contributed by atoms with Gasteiger partial charge in [-0.2, -0.15) is 0 Å². The fourth-order valence-corrected chi connectivity index (χ4v) is 3.44. The third-order valence-electron chi connectivity index (χ3n) is 6.10. The third kappa shape index (κ3) is 4.25. The number of rotatable bonds is 7. The van der Waals surface area contributed by atoms with E-state index in [-0.39, 0.29) is 11.4 Å². The highest BCUT2D eigenvalue weighted by Crippen LogP contribution is 2.40. The number of hydrogen-bond donors (Lipinski definition) is 0. The molecule has 1 unspecified atom stereocenters. The van der Waals surface area contributed by atoms with E-state index >= 15 is 0 Å². The lowest BCUT2D eigenvalue weighted by Gasteiger charge is -2.32. The van der Waals surface area contributed by atoms with Gasteiger partial charge >= 0.3 is 5.97 Å². The minimum absolute atomic E-state index is 0.210. The zero-order valence-electron chi connectivity index (χ0n) is 18.4. The smallest absolute Gasteiger partial charge is 0.316 e. The summed E-state index contributed by atoms with van der Waals surface area (Å²) in [5, 5.41) is 0. The minimum Gasteiger partial charge on any atom is -0.497 e. The fraction of sp³-hybridized carbons (Fsp3) is 0.296. The summed E-state index contributed by atoms with van der Waals surface area (Å²) in [5.74, 6) is 1.18. The van der Waals surface area contributed by atoms with Crippen molar-refractivity contribution in [1.82, 2.24) is 0 Å². The number of hydrogen-bond acceptors (Lipinski definition) is 3. The standard InChI is InChI=1S/C27H30O3/c1-6-26(2,3)25(28)30-24-18-14-22(15-19-24)27(4,20-10-8-7-9-11-20)21-12-16-23(29-5)17-13-21/h7-19H,6H2,1-5H3. The number of benzene rings is 3. The van der Waals surface area contributed by atoms with Crippen molar-refractivity contribution in [1.29, 1.82) is 0 Å². The first-order valence-corrected chi connectivity index (χ1v) is 10.3. The van der Waals surface area contributed by atoms with Crippen molar-refractivity contribution >= 4 is 5.97 Å². The van der Waals surface area contributed by atoms with Crippen molar-refractivity contribution in [2.24, 2.45) is 5.41 Å². The van der Waals surface area contributed by atoms with Crippen LogP contribution < -0.4 is 9.47 Å². The number of methoxy groups -OCH3 is 1. The predicted molar refractivity (Wildman–Crippen MR) is 121 cm³/mol. The molecule has 3 aromatic carbocycles. The van der Waals surface area contributed by atoms with Crippen LogP contribution in [0.25, 0.3) is 0 Å². The van der Waals surface area contributed by atoms with Crippen LogP contribution >= 0.6 is 0 Å². The predicted octanol–water partition coefficient (Wildman–Crippen LogP) is 6.39. The lowest BCUT2D eigenvalue weighted by atomic mass is 9.71. The highest BCUT2D eigenvalue weighted by atomic mass is 16.5. The van der Waals surface area contributed by atoms with Gasteiger partial charge in [0.15, 0.2) is 0 Å². The van der Waals surface area contributed by atoms with Crippen molar-refractivity contribution in [2.75, 3.05) is 7.11 Å². The first-order valence-electron chi connectivity index (χ1n) is 10.3. The molecule has 0 saturated carbocycles. The molecule has 156 valence electrons. The van der Waals surface area contributed by atoms with E-state index < -0.39 is 5.41 Å². The van der Waals surface area contributed by atoms with Crippen LogP contribution in [0.1, 0.15) is 50.8 Å². The van der Waals surface area contributed by atoms with Crippen molar-refractivity contribution in [2.45, 2.75) is 39.5 Å². The van der Waals surface area contributed by atoms with Crippen LogP contribution in [0.15, 0.2) is 78.9 Å². The van der Waals surface area contributed by atoms with Crippen LogP contribution in [0.3, 0.4) is 0 Å². The highest BCUT2D eigenvalue weighted by molar-refractivity contribution is 5.78. The first kappa shape index (κ1) is 21.6. The Labute approximate surface area is 179 Å². The lowest BCUT2D eigenvalue weighted by molar-refractivity contribution is -0.144. The number of carbonyl (C=O) groups excluding carboxylic acids is 1. The van der Waals surface area contributed by atoms with Crippen LogP contribution in [0.5, 0.6) is 11.5 Å². The molecule has 0 aliphatic heterocycles.